The van der Waals surface area contributed by atoms with Gasteiger partial charge < -0.3 is 20.6 Å². The van der Waals surface area contributed by atoms with Gasteiger partial charge in [-0.1, -0.05) is 5.16 Å². The van der Waals surface area contributed by atoms with Gasteiger partial charge in [-0.2, -0.15) is 0 Å². The highest BCUT2D eigenvalue weighted by Crippen LogP contribution is 2.25. The van der Waals surface area contributed by atoms with Gasteiger partial charge in [0.1, 0.15) is 0 Å². The van der Waals surface area contributed by atoms with Gasteiger partial charge in [0.2, 0.25) is 5.82 Å². The normalized spacial score (nSPS) is 11.4. The maximum atomic E-state index is 11.0. The summed E-state index contributed by atoms with van der Waals surface area (Å²) in [5.41, 5.74) is 5.33. The Morgan fingerprint density at radius 1 is 1.74 bits per heavy atom. The lowest BCUT2D eigenvalue weighted by Gasteiger charge is -2.17. The Bertz CT molecular complexity index is 491. The molecule has 0 amide bonds. The molecule has 0 bridgehead atoms. The van der Waals surface area contributed by atoms with E-state index >= 15 is 0 Å². The number of nitro groups is 1. The number of hydrogen-bond donors (Lipinski definition) is 2. The molecule has 9 nitrogen and oxygen atoms in total. The Kier molecular flexibility index (Phi) is 5.01. The second kappa shape index (κ2) is 6.50. The van der Waals surface area contributed by atoms with Gasteiger partial charge in [0.15, 0.2) is 5.84 Å². The van der Waals surface area contributed by atoms with Crippen LogP contribution in [-0.2, 0) is 4.74 Å². The summed E-state index contributed by atoms with van der Waals surface area (Å²) in [5, 5.41) is 22.4. The van der Waals surface area contributed by atoms with Crippen LogP contribution in [0.25, 0.3) is 0 Å². The zero-order chi connectivity index (χ0) is 14.4. The van der Waals surface area contributed by atoms with Crippen LogP contribution >= 0.6 is 0 Å². The summed E-state index contributed by atoms with van der Waals surface area (Å²) in [6.07, 6.45) is 1.31. The molecular formula is C10H15N5O4. The fraction of sp³-hybridized carbons (Fsp3) is 0.400. The van der Waals surface area contributed by atoms with Crippen LogP contribution in [0.15, 0.2) is 17.4 Å². The Balaban J connectivity index is 3.15. The molecule has 0 fully saturated rings. The Morgan fingerprint density at radius 2 is 2.42 bits per heavy atom. The first-order chi connectivity index (χ1) is 9.01. The Hall–Kier alpha value is -2.42. The van der Waals surface area contributed by atoms with Crippen LogP contribution in [0.2, 0.25) is 0 Å². The molecule has 19 heavy (non-hydrogen) atoms. The third-order valence-corrected chi connectivity index (χ3v) is 2.44. The molecule has 0 spiro atoms. The summed E-state index contributed by atoms with van der Waals surface area (Å²) in [7, 11) is 3.20. The molecule has 1 heterocycles. The zero-order valence-corrected chi connectivity index (χ0v) is 10.6. The number of anilines is 1. The molecule has 0 atom stereocenters. The van der Waals surface area contributed by atoms with Crippen molar-refractivity contribution in [2.45, 2.75) is 0 Å². The molecule has 104 valence electrons. The van der Waals surface area contributed by atoms with Crippen molar-refractivity contribution in [2.75, 3.05) is 32.2 Å². The molecule has 3 N–H and O–H groups in total. The number of hydrogen-bond acceptors (Lipinski definition) is 7. The number of nitrogens with two attached hydrogens (primary N) is 1. The van der Waals surface area contributed by atoms with Crippen molar-refractivity contribution in [3.63, 3.8) is 0 Å². The van der Waals surface area contributed by atoms with Crippen LogP contribution in [-0.4, -0.2) is 48.3 Å². The maximum Gasteiger partial charge on any atom is 0.312 e. The third-order valence-electron chi connectivity index (χ3n) is 2.44. The number of amidine groups is 1. The first kappa shape index (κ1) is 14.6. The van der Waals surface area contributed by atoms with Gasteiger partial charge in [0.05, 0.1) is 11.5 Å². The first-order valence-corrected chi connectivity index (χ1v) is 5.33. The van der Waals surface area contributed by atoms with Crippen molar-refractivity contribution in [3.05, 3.63) is 27.9 Å². The molecule has 9 heteroatoms. The second-order valence-electron chi connectivity index (χ2n) is 3.72. The zero-order valence-electron chi connectivity index (χ0n) is 10.6. The Morgan fingerprint density at radius 3 is 2.95 bits per heavy atom. The van der Waals surface area contributed by atoms with Crippen LogP contribution in [0, 0.1) is 10.1 Å². The monoisotopic (exact) mass is 269 g/mol. The molecule has 0 unspecified atom stereocenters. The molecule has 0 saturated carbocycles. The van der Waals surface area contributed by atoms with Crippen molar-refractivity contribution < 1.29 is 14.9 Å². The SMILES string of the molecule is COCCN(C)c1ncc(C(N)=NO)cc1[N+](=O)[O-]. The molecule has 0 aliphatic rings. The number of rotatable bonds is 6. The van der Waals surface area contributed by atoms with Gasteiger partial charge in [-0.15, -0.1) is 0 Å². The van der Waals surface area contributed by atoms with E-state index in [1.165, 1.54) is 19.4 Å². The molecule has 0 saturated heterocycles. The Labute approximate surface area is 109 Å². The number of pyridine rings is 1. The first-order valence-electron chi connectivity index (χ1n) is 5.33. The lowest BCUT2D eigenvalue weighted by molar-refractivity contribution is -0.384. The van der Waals surface area contributed by atoms with Crippen molar-refractivity contribution >= 4 is 17.3 Å². The van der Waals surface area contributed by atoms with E-state index in [4.69, 9.17) is 15.7 Å². The molecule has 1 aromatic rings. The number of ether oxygens (including phenoxy) is 1. The van der Waals surface area contributed by atoms with E-state index in [1.807, 2.05) is 0 Å². The fourth-order valence-corrected chi connectivity index (χ4v) is 1.41. The second-order valence-corrected chi connectivity index (χ2v) is 3.72. The van der Waals surface area contributed by atoms with Gasteiger partial charge >= 0.3 is 5.69 Å². The average Bonchev–Trinajstić information content (AvgIpc) is 2.43. The van der Waals surface area contributed by atoms with Crippen LogP contribution < -0.4 is 10.6 Å². The van der Waals surface area contributed by atoms with Crippen molar-refractivity contribution in [2.24, 2.45) is 10.9 Å². The summed E-state index contributed by atoms with van der Waals surface area (Å²) in [6, 6.07) is 1.21. The number of oxime groups is 1. The van der Waals surface area contributed by atoms with Crippen molar-refractivity contribution in [1.29, 1.82) is 0 Å². The van der Waals surface area contributed by atoms with E-state index < -0.39 is 4.92 Å². The van der Waals surface area contributed by atoms with E-state index in [-0.39, 0.29) is 22.9 Å². The lowest BCUT2D eigenvalue weighted by Crippen LogP contribution is -2.24. The summed E-state index contributed by atoms with van der Waals surface area (Å²) in [5.74, 6) is -0.0433. The van der Waals surface area contributed by atoms with Crippen LogP contribution in [0.3, 0.4) is 0 Å². The fourth-order valence-electron chi connectivity index (χ4n) is 1.41. The topological polar surface area (TPSA) is 127 Å². The predicted molar refractivity (Wildman–Crippen MR) is 68.5 cm³/mol. The summed E-state index contributed by atoms with van der Waals surface area (Å²) in [6.45, 7) is 0.866. The standard InChI is InChI=1S/C10H15N5O4/c1-14(3-4-19-2)10-8(15(17)18)5-7(6-12-10)9(11)13-16/h5-6,16H,3-4H2,1-2H3,(H2,11,13). The minimum Gasteiger partial charge on any atom is -0.409 e. The van der Waals surface area contributed by atoms with E-state index in [1.54, 1.807) is 11.9 Å². The minimum atomic E-state index is -0.570. The number of nitrogens with zero attached hydrogens (tertiary/aromatic N) is 4. The summed E-state index contributed by atoms with van der Waals surface area (Å²) < 4.78 is 4.90. The quantitative estimate of drug-likeness (QED) is 0.247. The van der Waals surface area contributed by atoms with Gasteiger partial charge in [-0.25, -0.2) is 4.98 Å². The lowest BCUT2D eigenvalue weighted by atomic mass is 10.2. The molecule has 0 aliphatic heterocycles. The molecule has 1 rings (SSSR count). The maximum absolute atomic E-state index is 11.0. The number of likely N-dealkylation sites (N-methyl/N-ethyl adjacent to an activating group) is 1. The molecule has 0 aromatic carbocycles. The van der Waals surface area contributed by atoms with Crippen molar-refractivity contribution in [1.82, 2.24) is 4.98 Å². The minimum absolute atomic E-state index is 0.179. The van der Waals surface area contributed by atoms with E-state index in [9.17, 15) is 10.1 Å². The van der Waals surface area contributed by atoms with E-state index in [2.05, 4.69) is 10.1 Å². The van der Waals surface area contributed by atoms with Crippen LogP contribution in [0.5, 0.6) is 0 Å². The highest BCUT2D eigenvalue weighted by atomic mass is 16.6. The highest BCUT2D eigenvalue weighted by molar-refractivity contribution is 5.97. The molecule has 0 aliphatic carbocycles. The molecule has 1 aromatic heterocycles. The average molecular weight is 269 g/mol. The van der Waals surface area contributed by atoms with Gasteiger partial charge in [0, 0.05) is 38.5 Å². The van der Waals surface area contributed by atoms with Gasteiger partial charge in [0.25, 0.3) is 0 Å². The van der Waals surface area contributed by atoms with Crippen molar-refractivity contribution in [3.8, 4) is 0 Å². The highest BCUT2D eigenvalue weighted by Gasteiger charge is 2.20. The van der Waals surface area contributed by atoms with Crippen LogP contribution in [0.1, 0.15) is 5.56 Å². The van der Waals surface area contributed by atoms with Crippen LogP contribution in [0.4, 0.5) is 11.5 Å². The largest absolute Gasteiger partial charge is 0.409 e. The smallest absolute Gasteiger partial charge is 0.312 e. The van der Waals surface area contributed by atoms with E-state index in [0.29, 0.717) is 13.2 Å². The third kappa shape index (κ3) is 3.52. The van der Waals surface area contributed by atoms with Gasteiger partial charge in [-0.05, 0) is 0 Å². The molecular weight excluding hydrogens is 254 g/mol. The number of methoxy groups -OCH3 is 1. The van der Waals surface area contributed by atoms with E-state index in [0.717, 1.165) is 0 Å². The summed E-state index contributed by atoms with van der Waals surface area (Å²) >= 11 is 0. The number of aromatic nitrogens is 1. The van der Waals surface area contributed by atoms with Gasteiger partial charge in [-0.3, -0.25) is 10.1 Å². The molecule has 0 radical (unpaired) electrons. The predicted octanol–water partition coefficient (Wildman–Crippen LogP) is 0.167. The summed E-state index contributed by atoms with van der Waals surface area (Å²) in [4.78, 5) is 16.0.